The zero-order valence-corrected chi connectivity index (χ0v) is 11.3. The quantitative estimate of drug-likeness (QED) is 0.500. The molecule has 0 aromatic carbocycles. The Kier molecular flexibility index (Phi) is 5.81. The van der Waals surface area contributed by atoms with Gasteiger partial charge in [-0.25, -0.2) is 4.98 Å². The second-order valence-electron chi connectivity index (χ2n) is 3.38. The van der Waals surface area contributed by atoms with Crippen LogP contribution >= 0.6 is 11.6 Å². The average molecular weight is 284 g/mol. The molecule has 1 aromatic heterocycles. The molecule has 0 saturated heterocycles. The van der Waals surface area contributed by atoms with E-state index in [9.17, 15) is 4.79 Å². The Bertz CT molecular complexity index is 515. The lowest BCUT2D eigenvalue weighted by molar-refractivity contribution is -0.138. The lowest BCUT2D eigenvalue weighted by Gasteiger charge is -2.08. The van der Waals surface area contributed by atoms with E-state index in [1.807, 2.05) is 0 Å². The molecule has 0 aliphatic carbocycles. The fourth-order valence-corrected chi connectivity index (χ4v) is 1.43. The Balaban J connectivity index is 2.95. The molecule has 0 spiro atoms. The normalized spacial score (nSPS) is 11.6. The molecule has 2 N–H and O–H groups in total. The van der Waals surface area contributed by atoms with Gasteiger partial charge in [0.1, 0.15) is 17.4 Å². The summed E-state index contributed by atoms with van der Waals surface area (Å²) in [7, 11) is 2.80. The largest absolute Gasteiger partial charge is 0.496 e. The maximum absolute atomic E-state index is 10.9. The van der Waals surface area contributed by atoms with Gasteiger partial charge >= 0.3 is 5.97 Å². The van der Waals surface area contributed by atoms with Crippen LogP contribution in [0.3, 0.4) is 0 Å². The van der Waals surface area contributed by atoms with Gasteiger partial charge in [0.05, 0.1) is 14.2 Å². The molecule has 19 heavy (non-hydrogen) atoms. The van der Waals surface area contributed by atoms with Crippen molar-refractivity contribution in [1.29, 1.82) is 0 Å². The van der Waals surface area contributed by atoms with Crippen molar-refractivity contribution >= 4 is 29.4 Å². The Morgan fingerprint density at radius 1 is 1.58 bits per heavy atom. The van der Waals surface area contributed by atoms with E-state index in [1.54, 1.807) is 6.07 Å². The fraction of sp³-hybridized carbons (Fsp3) is 0.250. The topological polar surface area (TPSA) is 86.8 Å². The summed E-state index contributed by atoms with van der Waals surface area (Å²) in [6.07, 6.45) is 4.31. The predicted molar refractivity (Wildman–Crippen MR) is 73.3 cm³/mol. The van der Waals surface area contributed by atoms with Gasteiger partial charge in [-0.15, -0.1) is 0 Å². The SMILES string of the molecule is COC(=O)CN=C/C(=C\N)c1cnc(Cl)cc1OC. The third-order valence-corrected chi connectivity index (χ3v) is 2.43. The van der Waals surface area contributed by atoms with Gasteiger partial charge in [0, 0.05) is 35.8 Å². The van der Waals surface area contributed by atoms with Crippen LogP contribution in [0.2, 0.25) is 5.15 Å². The van der Waals surface area contributed by atoms with E-state index in [0.29, 0.717) is 22.0 Å². The highest BCUT2D eigenvalue weighted by atomic mass is 35.5. The van der Waals surface area contributed by atoms with Crippen molar-refractivity contribution in [2.24, 2.45) is 10.7 Å². The Hall–Kier alpha value is -2.08. The molecule has 0 fully saturated rings. The molecular weight excluding hydrogens is 270 g/mol. The number of hydrogen-bond acceptors (Lipinski definition) is 6. The second-order valence-corrected chi connectivity index (χ2v) is 3.76. The second kappa shape index (κ2) is 7.38. The number of ether oxygens (including phenoxy) is 2. The summed E-state index contributed by atoms with van der Waals surface area (Å²) in [4.78, 5) is 18.8. The summed E-state index contributed by atoms with van der Waals surface area (Å²) < 4.78 is 9.66. The number of aromatic nitrogens is 1. The van der Waals surface area contributed by atoms with E-state index in [4.69, 9.17) is 22.1 Å². The maximum Gasteiger partial charge on any atom is 0.327 e. The predicted octanol–water partition coefficient (Wildman–Crippen LogP) is 1.29. The monoisotopic (exact) mass is 283 g/mol. The number of halogens is 1. The fourth-order valence-electron chi connectivity index (χ4n) is 1.28. The van der Waals surface area contributed by atoms with Crippen molar-refractivity contribution in [1.82, 2.24) is 4.98 Å². The zero-order valence-electron chi connectivity index (χ0n) is 10.6. The van der Waals surface area contributed by atoms with Crippen LogP contribution in [0.25, 0.3) is 5.57 Å². The third-order valence-electron chi connectivity index (χ3n) is 2.22. The number of methoxy groups -OCH3 is 2. The Morgan fingerprint density at radius 2 is 2.32 bits per heavy atom. The van der Waals surface area contributed by atoms with Crippen LogP contribution in [-0.2, 0) is 9.53 Å². The first-order chi connectivity index (χ1) is 9.12. The van der Waals surface area contributed by atoms with Crippen LogP contribution in [0.4, 0.5) is 0 Å². The van der Waals surface area contributed by atoms with E-state index in [1.165, 1.54) is 32.8 Å². The lowest BCUT2D eigenvalue weighted by atomic mass is 10.1. The molecule has 0 saturated carbocycles. The number of nitrogens with zero attached hydrogens (tertiary/aromatic N) is 2. The molecule has 102 valence electrons. The number of carbonyl (C=O) groups is 1. The molecule has 7 heteroatoms. The molecule has 0 unspecified atom stereocenters. The van der Waals surface area contributed by atoms with Crippen LogP contribution < -0.4 is 10.5 Å². The standard InChI is InChI=1S/C12H14ClN3O3/c1-18-10-3-11(13)16-6-9(10)8(4-14)5-15-7-12(17)19-2/h3-6H,7,14H2,1-2H3/b8-4+,15-5?. The number of esters is 1. The van der Waals surface area contributed by atoms with Crippen LogP contribution in [0.15, 0.2) is 23.5 Å². The number of pyridine rings is 1. The first kappa shape index (κ1) is 15.0. The number of allylic oxidation sites excluding steroid dienone is 1. The van der Waals surface area contributed by atoms with Gasteiger partial charge in [0.25, 0.3) is 0 Å². The highest BCUT2D eigenvalue weighted by molar-refractivity contribution is 6.29. The Labute approximate surface area is 115 Å². The van der Waals surface area contributed by atoms with Crippen LogP contribution in [0.5, 0.6) is 5.75 Å². The zero-order chi connectivity index (χ0) is 14.3. The first-order valence-electron chi connectivity index (χ1n) is 5.30. The van der Waals surface area contributed by atoms with Gasteiger partial charge in [-0.2, -0.15) is 0 Å². The number of aliphatic imine (C=N–C) groups is 1. The number of nitrogens with two attached hydrogens (primary N) is 1. The number of rotatable bonds is 5. The van der Waals surface area contributed by atoms with Gasteiger partial charge in [-0.1, -0.05) is 11.6 Å². The molecule has 0 aliphatic heterocycles. The molecule has 1 heterocycles. The first-order valence-corrected chi connectivity index (χ1v) is 5.68. The summed E-state index contributed by atoms with van der Waals surface area (Å²) in [6.45, 7) is -0.0861. The molecule has 6 nitrogen and oxygen atoms in total. The highest BCUT2D eigenvalue weighted by Crippen LogP contribution is 2.26. The van der Waals surface area contributed by atoms with Gasteiger partial charge < -0.3 is 15.2 Å². The summed E-state index contributed by atoms with van der Waals surface area (Å²) in [5.41, 5.74) is 6.72. The van der Waals surface area contributed by atoms with Gasteiger partial charge in [-0.05, 0) is 0 Å². The molecular formula is C12H14ClN3O3. The summed E-state index contributed by atoms with van der Waals surface area (Å²) in [5.74, 6) is 0.0787. The molecule has 0 bridgehead atoms. The smallest absolute Gasteiger partial charge is 0.327 e. The molecule has 0 radical (unpaired) electrons. The van der Waals surface area contributed by atoms with Crippen molar-refractivity contribution in [3.63, 3.8) is 0 Å². The van der Waals surface area contributed by atoms with Crippen molar-refractivity contribution in [3.05, 3.63) is 29.2 Å². The highest BCUT2D eigenvalue weighted by Gasteiger charge is 2.08. The van der Waals surface area contributed by atoms with Crippen molar-refractivity contribution in [2.75, 3.05) is 20.8 Å². The van der Waals surface area contributed by atoms with Crippen molar-refractivity contribution in [3.8, 4) is 5.75 Å². The molecule has 1 aromatic rings. The number of carbonyl (C=O) groups excluding carboxylic acids is 1. The van der Waals surface area contributed by atoms with E-state index in [2.05, 4.69) is 14.7 Å². The minimum atomic E-state index is -0.436. The molecule has 0 aliphatic rings. The van der Waals surface area contributed by atoms with Gasteiger partial charge in [0.15, 0.2) is 0 Å². The summed E-state index contributed by atoms with van der Waals surface area (Å²) in [6, 6.07) is 1.56. The summed E-state index contributed by atoms with van der Waals surface area (Å²) in [5, 5.41) is 0.309. The van der Waals surface area contributed by atoms with Crippen LogP contribution in [0, 0.1) is 0 Å². The molecule has 1 rings (SSSR count). The van der Waals surface area contributed by atoms with Gasteiger partial charge in [-0.3, -0.25) is 9.79 Å². The van der Waals surface area contributed by atoms with Gasteiger partial charge in [0.2, 0.25) is 0 Å². The van der Waals surface area contributed by atoms with Crippen LogP contribution in [-0.4, -0.2) is 37.9 Å². The summed E-state index contributed by atoms with van der Waals surface area (Å²) >= 11 is 5.77. The van der Waals surface area contributed by atoms with Crippen LogP contribution in [0.1, 0.15) is 5.56 Å². The van der Waals surface area contributed by atoms with Crippen molar-refractivity contribution in [2.45, 2.75) is 0 Å². The minimum Gasteiger partial charge on any atom is -0.496 e. The van der Waals surface area contributed by atoms with E-state index in [0.717, 1.165) is 0 Å². The van der Waals surface area contributed by atoms with Crippen molar-refractivity contribution < 1.29 is 14.3 Å². The lowest BCUT2D eigenvalue weighted by Crippen LogP contribution is -2.05. The molecule has 0 atom stereocenters. The maximum atomic E-state index is 10.9. The number of hydrogen-bond donors (Lipinski definition) is 1. The molecule has 0 amide bonds. The minimum absolute atomic E-state index is 0.0861. The average Bonchev–Trinajstić information content (AvgIpc) is 2.43. The Morgan fingerprint density at radius 3 is 2.89 bits per heavy atom. The third kappa shape index (κ3) is 4.26. The van der Waals surface area contributed by atoms with E-state index in [-0.39, 0.29) is 6.54 Å². The van der Waals surface area contributed by atoms with E-state index >= 15 is 0 Å². The van der Waals surface area contributed by atoms with E-state index < -0.39 is 5.97 Å².